The predicted octanol–water partition coefficient (Wildman–Crippen LogP) is 2.47. The highest BCUT2D eigenvalue weighted by atomic mass is 35.5. The second-order valence-corrected chi connectivity index (χ2v) is 3.36. The monoisotopic (exact) mass is 217 g/mol. The minimum absolute atomic E-state index is 0.0854. The van der Waals surface area contributed by atoms with E-state index < -0.39 is 5.82 Å². The van der Waals surface area contributed by atoms with Gasteiger partial charge in [-0.25, -0.2) is 4.39 Å². The minimum Gasteiger partial charge on any atom is -0.397 e. The summed E-state index contributed by atoms with van der Waals surface area (Å²) in [6.45, 7) is 2.61. The average Bonchev–Trinajstić information content (AvgIpc) is 2.14. The Hall–Kier alpha value is -1.16. The molecule has 5 N–H and O–H groups in total. The Balaban J connectivity index is 3.09. The normalized spacial score (nSPS) is 10.2. The highest BCUT2D eigenvalue weighted by Crippen LogP contribution is 2.33. The van der Waals surface area contributed by atoms with E-state index in [1.807, 2.05) is 6.92 Å². The number of hydrogen-bond acceptors (Lipinski definition) is 3. The van der Waals surface area contributed by atoms with Crippen molar-refractivity contribution in [3.63, 3.8) is 0 Å². The van der Waals surface area contributed by atoms with Gasteiger partial charge in [0, 0.05) is 6.54 Å². The fraction of sp³-hybridized carbons (Fsp3) is 0.333. The van der Waals surface area contributed by atoms with Crippen LogP contribution < -0.4 is 16.8 Å². The zero-order valence-electron chi connectivity index (χ0n) is 7.90. The van der Waals surface area contributed by atoms with Crippen molar-refractivity contribution in [3.05, 3.63) is 16.9 Å². The van der Waals surface area contributed by atoms with Crippen molar-refractivity contribution in [2.45, 2.75) is 13.3 Å². The summed E-state index contributed by atoms with van der Waals surface area (Å²) in [5.41, 5.74) is 11.7. The molecule has 0 spiro atoms. The number of nitrogens with two attached hydrogens (primary N) is 2. The van der Waals surface area contributed by atoms with E-state index in [-0.39, 0.29) is 22.1 Å². The van der Waals surface area contributed by atoms with E-state index in [2.05, 4.69) is 5.32 Å². The van der Waals surface area contributed by atoms with Crippen LogP contribution in [0.2, 0.25) is 5.02 Å². The average molecular weight is 218 g/mol. The van der Waals surface area contributed by atoms with Gasteiger partial charge in [-0.1, -0.05) is 18.5 Å². The van der Waals surface area contributed by atoms with Crippen molar-refractivity contribution >= 4 is 28.7 Å². The Labute approximate surface area is 87.2 Å². The SMILES string of the molecule is CCCNc1c(N)cc(N)c(Cl)c1F. The van der Waals surface area contributed by atoms with Crippen LogP contribution in [-0.2, 0) is 0 Å². The Morgan fingerprint density at radius 3 is 2.64 bits per heavy atom. The molecule has 0 saturated heterocycles. The van der Waals surface area contributed by atoms with Gasteiger partial charge in [0.2, 0.25) is 0 Å². The third-order valence-corrected chi connectivity index (χ3v) is 2.20. The molecule has 0 aliphatic heterocycles. The summed E-state index contributed by atoms with van der Waals surface area (Å²) in [5, 5.41) is 2.77. The Bertz CT molecular complexity index is 341. The van der Waals surface area contributed by atoms with E-state index in [0.717, 1.165) is 6.42 Å². The summed E-state index contributed by atoms with van der Waals surface area (Å²) in [6.07, 6.45) is 0.876. The molecule has 0 radical (unpaired) electrons. The number of rotatable bonds is 3. The van der Waals surface area contributed by atoms with Crippen LogP contribution in [0.5, 0.6) is 0 Å². The second kappa shape index (κ2) is 4.37. The molecule has 1 rings (SSSR count). The fourth-order valence-electron chi connectivity index (χ4n) is 1.10. The standard InChI is InChI=1S/C9H13ClFN3/c1-2-3-14-9-6(13)4-5(12)7(10)8(9)11/h4,14H,2-3,12-13H2,1H3. The second-order valence-electron chi connectivity index (χ2n) is 2.98. The molecule has 14 heavy (non-hydrogen) atoms. The number of nitrogens with one attached hydrogen (secondary N) is 1. The van der Waals surface area contributed by atoms with Crippen LogP contribution in [0.4, 0.5) is 21.5 Å². The zero-order chi connectivity index (χ0) is 10.7. The lowest BCUT2D eigenvalue weighted by atomic mass is 10.2. The van der Waals surface area contributed by atoms with Crippen LogP contribution in [-0.4, -0.2) is 6.54 Å². The molecule has 0 heterocycles. The molecular formula is C9H13ClFN3. The third kappa shape index (κ3) is 2.01. The number of benzene rings is 1. The van der Waals surface area contributed by atoms with E-state index >= 15 is 0 Å². The van der Waals surface area contributed by atoms with Crippen molar-refractivity contribution in [2.24, 2.45) is 0 Å². The van der Waals surface area contributed by atoms with E-state index in [0.29, 0.717) is 6.54 Å². The first kappa shape index (κ1) is 10.9. The van der Waals surface area contributed by atoms with Crippen molar-refractivity contribution < 1.29 is 4.39 Å². The van der Waals surface area contributed by atoms with E-state index in [9.17, 15) is 4.39 Å². The summed E-state index contributed by atoms with van der Waals surface area (Å²) in [7, 11) is 0. The van der Waals surface area contributed by atoms with Gasteiger partial charge < -0.3 is 16.8 Å². The molecule has 0 aliphatic rings. The van der Waals surface area contributed by atoms with Gasteiger partial charge in [-0.2, -0.15) is 0 Å². The lowest BCUT2D eigenvalue weighted by Gasteiger charge is -2.11. The first-order chi connectivity index (χ1) is 6.57. The van der Waals surface area contributed by atoms with Crippen molar-refractivity contribution in [2.75, 3.05) is 23.3 Å². The summed E-state index contributed by atoms with van der Waals surface area (Å²) in [5.74, 6) is -0.586. The predicted molar refractivity (Wildman–Crippen MR) is 59.0 cm³/mol. The Morgan fingerprint density at radius 2 is 2.07 bits per heavy atom. The highest BCUT2D eigenvalue weighted by Gasteiger charge is 2.13. The van der Waals surface area contributed by atoms with Crippen LogP contribution in [0, 0.1) is 5.82 Å². The van der Waals surface area contributed by atoms with Gasteiger partial charge in [0.1, 0.15) is 5.02 Å². The van der Waals surface area contributed by atoms with Crippen LogP contribution in [0.15, 0.2) is 6.07 Å². The summed E-state index contributed by atoms with van der Waals surface area (Å²) < 4.78 is 13.5. The van der Waals surface area contributed by atoms with E-state index in [4.69, 9.17) is 23.1 Å². The molecule has 0 fully saturated rings. The summed E-state index contributed by atoms with van der Waals surface area (Å²) in [4.78, 5) is 0. The Kier molecular flexibility index (Phi) is 3.41. The number of hydrogen-bond donors (Lipinski definition) is 3. The lowest BCUT2D eigenvalue weighted by molar-refractivity contribution is 0.631. The molecule has 0 unspecified atom stereocenters. The van der Waals surface area contributed by atoms with Gasteiger partial charge in [0.25, 0.3) is 0 Å². The van der Waals surface area contributed by atoms with Gasteiger partial charge in [-0.3, -0.25) is 0 Å². The highest BCUT2D eigenvalue weighted by molar-refractivity contribution is 6.33. The maximum Gasteiger partial charge on any atom is 0.169 e. The maximum absolute atomic E-state index is 13.5. The molecule has 5 heteroatoms. The molecule has 0 aliphatic carbocycles. The van der Waals surface area contributed by atoms with Crippen LogP contribution in [0.3, 0.4) is 0 Å². The minimum atomic E-state index is -0.586. The zero-order valence-corrected chi connectivity index (χ0v) is 8.66. The summed E-state index contributed by atoms with van der Waals surface area (Å²) in [6, 6.07) is 1.45. The van der Waals surface area contributed by atoms with Crippen molar-refractivity contribution in [3.8, 4) is 0 Å². The fourth-order valence-corrected chi connectivity index (χ4v) is 1.24. The quantitative estimate of drug-likeness (QED) is 0.682. The third-order valence-electron chi connectivity index (χ3n) is 1.82. The first-order valence-electron chi connectivity index (χ1n) is 4.34. The van der Waals surface area contributed by atoms with Gasteiger partial charge in [-0.05, 0) is 12.5 Å². The molecule has 0 atom stereocenters. The van der Waals surface area contributed by atoms with Crippen LogP contribution in [0.1, 0.15) is 13.3 Å². The smallest absolute Gasteiger partial charge is 0.169 e. The molecule has 0 bridgehead atoms. The van der Waals surface area contributed by atoms with E-state index in [1.54, 1.807) is 0 Å². The molecule has 1 aromatic rings. The van der Waals surface area contributed by atoms with Gasteiger partial charge in [0.15, 0.2) is 5.82 Å². The number of nitrogen functional groups attached to an aromatic ring is 2. The molecular weight excluding hydrogens is 205 g/mol. The van der Waals surface area contributed by atoms with Gasteiger partial charge in [0.05, 0.1) is 17.1 Å². The molecule has 0 amide bonds. The molecule has 0 saturated carbocycles. The van der Waals surface area contributed by atoms with Gasteiger partial charge >= 0.3 is 0 Å². The van der Waals surface area contributed by atoms with Crippen molar-refractivity contribution in [1.82, 2.24) is 0 Å². The number of anilines is 3. The Morgan fingerprint density at radius 1 is 1.43 bits per heavy atom. The van der Waals surface area contributed by atoms with Gasteiger partial charge in [-0.15, -0.1) is 0 Å². The summed E-state index contributed by atoms with van der Waals surface area (Å²) >= 11 is 5.64. The molecule has 78 valence electrons. The van der Waals surface area contributed by atoms with Crippen molar-refractivity contribution in [1.29, 1.82) is 0 Å². The largest absolute Gasteiger partial charge is 0.397 e. The maximum atomic E-state index is 13.5. The topological polar surface area (TPSA) is 64.1 Å². The molecule has 3 nitrogen and oxygen atoms in total. The van der Waals surface area contributed by atoms with Crippen LogP contribution in [0.25, 0.3) is 0 Å². The molecule has 0 aromatic heterocycles. The first-order valence-corrected chi connectivity index (χ1v) is 4.72. The molecule has 1 aromatic carbocycles. The van der Waals surface area contributed by atoms with E-state index in [1.165, 1.54) is 6.07 Å². The van der Waals surface area contributed by atoms with Crippen LogP contribution >= 0.6 is 11.6 Å². The lowest BCUT2D eigenvalue weighted by Crippen LogP contribution is -2.07. The number of halogens is 2.